The summed E-state index contributed by atoms with van der Waals surface area (Å²) in [6.07, 6.45) is 2.20. The molecule has 2 aromatic rings. The number of fused-ring (bicyclic) bond motifs is 1. The van der Waals surface area contributed by atoms with Gasteiger partial charge >= 0.3 is 0 Å². The predicted octanol–water partition coefficient (Wildman–Crippen LogP) is 2.98. The minimum absolute atomic E-state index is 0.101. The van der Waals surface area contributed by atoms with E-state index in [1.54, 1.807) is 6.20 Å². The number of ether oxygens (including phenoxy) is 1. The lowest BCUT2D eigenvalue weighted by Crippen LogP contribution is -2.39. The molecule has 2 aliphatic heterocycles. The molecule has 0 fully saturated rings. The number of oxime groups is 1. The summed E-state index contributed by atoms with van der Waals surface area (Å²) in [4.78, 5) is 22.2. The maximum absolute atomic E-state index is 12.6. The molecule has 1 aromatic carbocycles. The zero-order valence-corrected chi connectivity index (χ0v) is 14.9. The Bertz CT molecular complexity index is 826. The molecule has 2 aliphatic rings. The van der Waals surface area contributed by atoms with Crippen LogP contribution >= 0.6 is 15.9 Å². The van der Waals surface area contributed by atoms with Gasteiger partial charge in [-0.2, -0.15) is 0 Å². The number of halogens is 1. The van der Waals surface area contributed by atoms with Crippen molar-refractivity contribution < 1.29 is 14.4 Å². The summed E-state index contributed by atoms with van der Waals surface area (Å²) in [7, 11) is 0. The van der Waals surface area contributed by atoms with Crippen LogP contribution in [0.3, 0.4) is 0 Å². The number of amides is 1. The highest BCUT2D eigenvalue weighted by Crippen LogP contribution is 2.34. The fourth-order valence-electron chi connectivity index (χ4n) is 2.98. The molecule has 0 aliphatic carbocycles. The van der Waals surface area contributed by atoms with Crippen LogP contribution in [0.25, 0.3) is 0 Å². The molecule has 1 unspecified atom stereocenters. The molecule has 0 spiro atoms. The Morgan fingerprint density at radius 2 is 2.20 bits per heavy atom. The second-order valence-corrected chi connectivity index (χ2v) is 6.85. The summed E-state index contributed by atoms with van der Waals surface area (Å²) >= 11 is 3.47. The number of rotatable bonds is 3. The second-order valence-electron chi connectivity index (χ2n) is 5.93. The first kappa shape index (κ1) is 16.1. The van der Waals surface area contributed by atoms with Crippen molar-refractivity contribution in [2.75, 3.05) is 6.61 Å². The first-order chi connectivity index (χ1) is 12.2. The number of nitrogens with zero attached hydrogens (tertiary/aromatic N) is 2. The number of carbonyl (C=O) groups excluding carboxylic acids is 1. The summed E-state index contributed by atoms with van der Waals surface area (Å²) in [6.45, 7) is 0.570. The van der Waals surface area contributed by atoms with Crippen molar-refractivity contribution in [3.8, 4) is 5.75 Å². The standard InChI is InChI=1S/C18H16BrN3O3/c19-11-4-5-16-12(9-11)13(6-8-24-16)21-18(23)17-10-15(22-25-17)14-3-1-2-7-20-14/h1-5,7,9,13,17H,6,8,10H2,(H,21,23)/t13-,17?/m0/s1. The third kappa shape index (κ3) is 3.37. The number of benzene rings is 1. The summed E-state index contributed by atoms with van der Waals surface area (Å²) in [6, 6.07) is 11.3. The molecule has 0 bridgehead atoms. The third-order valence-electron chi connectivity index (χ3n) is 4.25. The van der Waals surface area contributed by atoms with Crippen LogP contribution in [-0.4, -0.2) is 29.3 Å². The van der Waals surface area contributed by atoms with Crippen molar-refractivity contribution in [1.82, 2.24) is 10.3 Å². The van der Waals surface area contributed by atoms with Crippen LogP contribution in [0.5, 0.6) is 5.75 Å². The topological polar surface area (TPSA) is 72.8 Å². The number of carbonyl (C=O) groups is 1. The zero-order valence-electron chi connectivity index (χ0n) is 13.3. The summed E-state index contributed by atoms with van der Waals surface area (Å²) < 4.78 is 6.61. The van der Waals surface area contributed by atoms with Gasteiger partial charge in [-0.15, -0.1) is 0 Å². The summed E-state index contributed by atoms with van der Waals surface area (Å²) in [5.41, 5.74) is 2.40. The SMILES string of the molecule is O=C(N[C@H]1CCOc2ccc(Br)cc21)C1CC(c2ccccn2)=NO1. The predicted molar refractivity (Wildman–Crippen MR) is 95.4 cm³/mol. The number of nitrogens with one attached hydrogen (secondary N) is 1. The van der Waals surface area contributed by atoms with Gasteiger partial charge in [-0.3, -0.25) is 9.78 Å². The molecule has 6 nitrogen and oxygen atoms in total. The van der Waals surface area contributed by atoms with E-state index >= 15 is 0 Å². The molecule has 0 saturated carbocycles. The van der Waals surface area contributed by atoms with Gasteiger partial charge in [0.25, 0.3) is 5.91 Å². The van der Waals surface area contributed by atoms with Crippen LogP contribution in [-0.2, 0) is 9.63 Å². The lowest BCUT2D eigenvalue weighted by Gasteiger charge is -2.27. The Morgan fingerprint density at radius 3 is 3.04 bits per heavy atom. The van der Waals surface area contributed by atoms with Crippen LogP contribution in [0.2, 0.25) is 0 Å². The van der Waals surface area contributed by atoms with Gasteiger partial charge in [-0.1, -0.05) is 27.2 Å². The van der Waals surface area contributed by atoms with Crippen LogP contribution in [0, 0.1) is 0 Å². The van der Waals surface area contributed by atoms with Crippen molar-refractivity contribution in [2.24, 2.45) is 5.16 Å². The van der Waals surface area contributed by atoms with Gasteiger partial charge in [0.2, 0.25) is 6.10 Å². The van der Waals surface area contributed by atoms with E-state index in [9.17, 15) is 4.79 Å². The van der Waals surface area contributed by atoms with E-state index in [0.29, 0.717) is 18.7 Å². The Balaban J connectivity index is 1.44. The molecule has 0 saturated heterocycles. The van der Waals surface area contributed by atoms with Crippen molar-refractivity contribution in [3.63, 3.8) is 0 Å². The van der Waals surface area contributed by atoms with E-state index < -0.39 is 6.10 Å². The zero-order chi connectivity index (χ0) is 17.2. The molecule has 0 radical (unpaired) electrons. The van der Waals surface area contributed by atoms with Crippen molar-refractivity contribution in [3.05, 3.63) is 58.3 Å². The smallest absolute Gasteiger partial charge is 0.264 e. The van der Waals surface area contributed by atoms with Crippen molar-refractivity contribution in [2.45, 2.75) is 25.0 Å². The van der Waals surface area contributed by atoms with Gasteiger partial charge in [-0.25, -0.2) is 0 Å². The minimum atomic E-state index is -0.629. The Labute approximate surface area is 153 Å². The molecule has 25 heavy (non-hydrogen) atoms. The molecular formula is C18H16BrN3O3. The lowest BCUT2D eigenvalue weighted by molar-refractivity contribution is -0.132. The molecule has 3 heterocycles. The highest BCUT2D eigenvalue weighted by molar-refractivity contribution is 9.10. The fourth-order valence-corrected chi connectivity index (χ4v) is 3.36. The highest BCUT2D eigenvalue weighted by atomic mass is 79.9. The molecule has 1 aromatic heterocycles. The normalized spacial score (nSPS) is 21.6. The first-order valence-corrected chi connectivity index (χ1v) is 8.87. The highest BCUT2D eigenvalue weighted by Gasteiger charge is 2.32. The monoisotopic (exact) mass is 401 g/mol. The average molecular weight is 402 g/mol. The molecule has 128 valence electrons. The number of hydrogen-bond acceptors (Lipinski definition) is 5. The van der Waals surface area contributed by atoms with Gasteiger partial charge in [0, 0.05) is 29.1 Å². The summed E-state index contributed by atoms with van der Waals surface area (Å²) in [5, 5.41) is 7.08. The lowest BCUT2D eigenvalue weighted by atomic mass is 10.00. The number of hydrogen-bond donors (Lipinski definition) is 1. The fraction of sp³-hybridized carbons (Fsp3) is 0.278. The Morgan fingerprint density at radius 1 is 1.28 bits per heavy atom. The van der Waals surface area contributed by atoms with Gasteiger partial charge in [-0.05, 0) is 30.3 Å². The minimum Gasteiger partial charge on any atom is -0.493 e. The second kappa shape index (κ2) is 6.84. The quantitative estimate of drug-likeness (QED) is 0.857. The van der Waals surface area contributed by atoms with Crippen LogP contribution in [0.15, 0.2) is 52.2 Å². The van der Waals surface area contributed by atoms with Gasteiger partial charge < -0.3 is 14.9 Å². The molecule has 1 N–H and O–H groups in total. The largest absolute Gasteiger partial charge is 0.493 e. The Hall–Kier alpha value is -2.41. The first-order valence-electron chi connectivity index (χ1n) is 8.07. The number of aromatic nitrogens is 1. The van der Waals surface area contributed by atoms with E-state index in [1.165, 1.54) is 0 Å². The molecule has 4 rings (SSSR count). The molecule has 1 amide bonds. The maximum Gasteiger partial charge on any atom is 0.264 e. The average Bonchev–Trinajstić information content (AvgIpc) is 3.13. The van der Waals surface area contributed by atoms with Gasteiger partial charge in [0.05, 0.1) is 18.3 Å². The van der Waals surface area contributed by atoms with Crippen molar-refractivity contribution in [1.29, 1.82) is 0 Å². The van der Waals surface area contributed by atoms with E-state index in [1.807, 2.05) is 36.4 Å². The Kier molecular flexibility index (Phi) is 4.40. The van der Waals surface area contributed by atoms with Crippen molar-refractivity contribution >= 4 is 27.5 Å². The van der Waals surface area contributed by atoms with Gasteiger partial charge in [0.1, 0.15) is 11.5 Å². The van der Waals surface area contributed by atoms with Gasteiger partial charge in [0.15, 0.2) is 0 Å². The summed E-state index contributed by atoms with van der Waals surface area (Å²) in [5.74, 6) is 0.630. The molecule has 7 heteroatoms. The molecule has 2 atom stereocenters. The van der Waals surface area contributed by atoms with E-state index in [-0.39, 0.29) is 11.9 Å². The van der Waals surface area contributed by atoms with Crippen LogP contribution in [0.1, 0.15) is 30.1 Å². The third-order valence-corrected chi connectivity index (χ3v) is 4.74. The molecular weight excluding hydrogens is 386 g/mol. The van der Waals surface area contributed by atoms with E-state index in [4.69, 9.17) is 9.57 Å². The van der Waals surface area contributed by atoms with Crippen LogP contribution < -0.4 is 10.1 Å². The maximum atomic E-state index is 12.6. The number of pyridine rings is 1. The van der Waals surface area contributed by atoms with E-state index in [2.05, 4.69) is 31.4 Å². The van der Waals surface area contributed by atoms with E-state index in [0.717, 1.165) is 27.9 Å². The van der Waals surface area contributed by atoms with Crippen LogP contribution in [0.4, 0.5) is 0 Å².